The van der Waals surface area contributed by atoms with E-state index in [9.17, 15) is 4.79 Å². The normalized spacial score (nSPS) is 22.6. The van der Waals surface area contributed by atoms with Crippen LogP contribution >= 0.6 is 0 Å². The lowest BCUT2D eigenvalue weighted by atomic mass is 9.91. The molecule has 1 amide bonds. The summed E-state index contributed by atoms with van der Waals surface area (Å²) in [6.45, 7) is 6.16. The summed E-state index contributed by atoms with van der Waals surface area (Å²) in [5, 5.41) is 3.23. The Morgan fingerprint density at radius 3 is 2.70 bits per heavy atom. The number of morpholine rings is 1. The molecule has 1 aliphatic carbocycles. The average molecular weight is 374 g/mol. The molecular formula is C21H30N2O4. The molecule has 6 heteroatoms. The van der Waals surface area contributed by atoms with Crippen molar-refractivity contribution in [1.82, 2.24) is 10.2 Å². The highest BCUT2D eigenvalue weighted by molar-refractivity contribution is 5.78. The average Bonchev–Trinajstić information content (AvgIpc) is 3.39. The van der Waals surface area contributed by atoms with Gasteiger partial charge in [-0.3, -0.25) is 9.69 Å². The van der Waals surface area contributed by atoms with Crippen LogP contribution in [-0.2, 0) is 9.53 Å². The van der Waals surface area contributed by atoms with E-state index < -0.39 is 0 Å². The van der Waals surface area contributed by atoms with Crippen molar-refractivity contribution < 1.29 is 19.0 Å². The van der Waals surface area contributed by atoms with Gasteiger partial charge >= 0.3 is 0 Å². The molecule has 6 nitrogen and oxygen atoms in total. The van der Waals surface area contributed by atoms with Crippen LogP contribution < -0.4 is 14.8 Å². The number of nitrogens with zero attached hydrogens (tertiary/aromatic N) is 1. The van der Waals surface area contributed by atoms with E-state index in [1.807, 2.05) is 6.07 Å². The predicted octanol–water partition coefficient (Wildman–Crippen LogP) is 2.73. The fraction of sp³-hybridized carbons (Fsp3) is 0.667. The zero-order valence-electron chi connectivity index (χ0n) is 16.1. The van der Waals surface area contributed by atoms with E-state index in [2.05, 4.69) is 29.3 Å². The molecule has 0 aromatic heterocycles. The van der Waals surface area contributed by atoms with Gasteiger partial charge in [-0.1, -0.05) is 25.8 Å². The maximum Gasteiger partial charge on any atom is 0.231 e. The number of hydrogen-bond donors (Lipinski definition) is 1. The highest BCUT2D eigenvalue weighted by Gasteiger charge is 2.29. The Morgan fingerprint density at radius 1 is 1.19 bits per heavy atom. The van der Waals surface area contributed by atoms with Crippen molar-refractivity contribution in [2.24, 2.45) is 11.8 Å². The van der Waals surface area contributed by atoms with Gasteiger partial charge < -0.3 is 19.5 Å². The summed E-state index contributed by atoms with van der Waals surface area (Å²) in [4.78, 5) is 15.1. The van der Waals surface area contributed by atoms with Crippen molar-refractivity contribution in [2.45, 2.75) is 38.6 Å². The van der Waals surface area contributed by atoms with E-state index in [0.717, 1.165) is 43.4 Å². The second kappa shape index (κ2) is 8.48. The first-order chi connectivity index (χ1) is 13.2. The molecule has 2 atom stereocenters. The number of rotatable bonds is 6. The summed E-state index contributed by atoms with van der Waals surface area (Å²) in [6, 6.07) is 6.21. The van der Waals surface area contributed by atoms with Crippen LogP contribution in [0.4, 0.5) is 0 Å². The molecule has 148 valence electrons. The Kier molecular flexibility index (Phi) is 5.83. The van der Waals surface area contributed by atoms with Crippen LogP contribution in [0.25, 0.3) is 0 Å². The number of nitrogens with one attached hydrogen (secondary N) is 1. The van der Waals surface area contributed by atoms with Crippen molar-refractivity contribution in [2.75, 3.05) is 39.6 Å². The van der Waals surface area contributed by atoms with Gasteiger partial charge in [-0.05, 0) is 36.5 Å². The van der Waals surface area contributed by atoms with E-state index in [4.69, 9.17) is 14.2 Å². The summed E-state index contributed by atoms with van der Waals surface area (Å²) in [5.41, 5.74) is 1.15. The van der Waals surface area contributed by atoms with Crippen molar-refractivity contribution in [1.29, 1.82) is 0 Å². The minimum Gasteiger partial charge on any atom is -0.454 e. The molecule has 1 aromatic carbocycles. The van der Waals surface area contributed by atoms with Gasteiger partial charge in [0, 0.05) is 25.6 Å². The summed E-state index contributed by atoms with van der Waals surface area (Å²) < 4.78 is 16.5. The molecule has 0 radical (unpaired) electrons. The van der Waals surface area contributed by atoms with Gasteiger partial charge in [-0.2, -0.15) is 0 Å². The lowest BCUT2D eigenvalue weighted by Crippen LogP contribution is -2.45. The second-order valence-corrected chi connectivity index (χ2v) is 7.86. The van der Waals surface area contributed by atoms with Crippen LogP contribution in [-0.4, -0.2) is 50.4 Å². The van der Waals surface area contributed by atoms with Crippen LogP contribution in [0.2, 0.25) is 0 Å². The molecule has 1 aromatic rings. The summed E-state index contributed by atoms with van der Waals surface area (Å²) in [7, 11) is 0. The molecule has 1 N–H and O–H groups in total. The SMILES string of the molecule is CC(C(=O)NCC(c1ccc2c(c1)OCO2)N1CCOCC1)C1CCCC1. The third-order valence-electron chi connectivity index (χ3n) is 6.26. The third kappa shape index (κ3) is 4.22. The Balaban J connectivity index is 1.45. The molecule has 2 heterocycles. The highest BCUT2D eigenvalue weighted by atomic mass is 16.7. The largest absolute Gasteiger partial charge is 0.454 e. The Bertz CT molecular complexity index is 654. The molecule has 4 rings (SSSR count). The number of carbonyl (C=O) groups is 1. The van der Waals surface area contributed by atoms with E-state index in [1.165, 1.54) is 25.7 Å². The summed E-state index contributed by atoms with van der Waals surface area (Å²) in [5.74, 6) is 2.39. The maximum atomic E-state index is 12.7. The fourth-order valence-corrected chi connectivity index (χ4v) is 4.50. The quantitative estimate of drug-likeness (QED) is 0.830. The Hall–Kier alpha value is -1.79. The molecule has 2 unspecified atom stereocenters. The second-order valence-electron chi connectivity index (χ2n) is 7.86. The molecule has 3 aliphatic rings. The smallest absolute Gasteiger partial charge is 0.231 e. The van der Waals surface area contributed by atoms with E-state index in [1.54, 1.807) is 0 Å². The van der Waals surface area contributed by atoms with Gasteiger partial charge in [0.05, 0.1) is 19.3 Å². The first-order valence-electron chi connectivity index (χ1n) is 10.2. The molecule has 2 aliphatic heterocycles. The minimum atomic E-state index is 0.0922. The summed E-state index contributed by atoms with van der Waals surface area (Å²) >= 11 is 0. The zero-order valence-corrected chi connectivity index (χ0v) is 16.1. The number of benzene rings is 1. The van der Waals surface area contributed by atoms with Crippen molar-refractivity contribution >= 4 is 5.91 Å². The standard InChI is InChI=1S/C21H30N2O4/c1-15(16-4-2-3-5-16)21(24)22-13-18(23-8-10-25-11-9-23)17-6-7-19-20(12-17)27-14-26-19/h6-7,12,15-16,18H,2-5,8-11,13-14H2,1H3,(H,22,24). The number of amides is 1. The number of fused-ring (bicyclic) bond motifs is 1. The zero-order chi connectivity index (χ0) is 18.6. The fourth-order valence-electron chi connectivity index (χ4n) is 4.50. The lowest BCUT2D eigenvalue weighted by molar-refractivity contribution is -0.126. The minimum absolute atomic E-state index is 0.0922. The van der Waals surface area contributed by atoms with Crippen LogP contribution in [0.1, 0.15) is 44.2 Å². The van der Waals surface area contributed by atoms with Crippen molar-refractivity contribution in [3.8, 4) is 11.5 Å². The van der Waals surface area contributed by atoms with E-state index in [0.29, 0.717) is 12.5 Å². The predicted molar refractivity (Wildman–Crippen MR) is 102 cm³/mol. The van der Waals surface area contributed by atoms with Crippen molar-refractivity contribution in [3.63, 3.8) is 0 Å². The molecule has 0 bridgehead atoms. The monoisotopic (exact) mass is 374 g/mol. The molecule has 1 saturated carbocycles. The van der Waals surface area contributed by atoms with Gasteiger partial charge in [0.2, 0.25) is 12.7 Å². The van der Waals surface area contributed by atoms with Crippen LogP contribution in [0.15, 0.2) is 18.2 Å². The number of hydrogen-bond acceptors (Lipinski definition) is 5. The van der Waals surface area contributed by atoms with Crippen LogP contribution in [0, 0.1) is 11.8 Å². The highest BCUT2D eigenvalue weighted by Crippen LogP contribution is 2.36. The van der Waals surface area contributed by atoms with Gasteiger partial charge in [-0.15, -0.1) is 0 Å². The number of ether oxygens (including phenoxy) is 3. The Morgan fingerprint density at radius 2 is 1.93 bits per heavy atom. The summed E-state index contributed by atoms with van der Waals surface area (Å²) in [6.07, 6.45) is 4.89. The molecular weight excluding hydrogens is 344 g/mol. The maximum absolute atomic E-state index is 12.7. The van der Waals surface area contributed by atoms with Crippen LogP contribution in [0.3, 0.4) is 0 Å². The number of carbonyl (C=O) groups excluding carboxylic acids is 1. The topological polar surface area (TPSA) is 60.0 Å². The Labute approximate surface area is 161 Å². The van der Waals surface area contributed by atoms with Gasteiger partial charge in [0.15, 0.2) is 11.5 Å². The lowest BCUT2D eigenvalue weighted by Gasteiger charge is -2.35. The first-order valence-corrected chi connectivity index (χ1v) is 10.2. The van der Waals surface area contributed by atoms with Gasteiger partial charge in [0.25, 0.3) is 0 Å². The first kappa shape index (κ1) is 18.6. The van der Waals surface area contributed by atoms with Gasteiger partial charge in [-0.25, -0.2) is 0 Å². The van der Waals surface area contributed by atoms with E-state index in [-0.39, 0.29) is 24.7 Å². The molecule has 0 spiro atoms. The van der Waals surface area contributed by atoms with Gasteiger partial charge in [0.1, 0.15) is 0 Å². The molecule has 2 fully saturated rings. The third-order valence-corrected chi connectivity index (χ3v) is 6.26. The molecule has 27 heavy (non-hydrogen) atoms. The van der Waals surface area contributed by atoms with E-state index >= 15 is 0 Å². The van der Waals surface area contributed by atoms with Crippen molar-refractivity contribution in [3.05, 3.63) is 23.8 Å². The molecule has 1 saturated heterocycles. The van der Waals surface area contributed by atoms with Crippen LogP contribution in [0.5, 0.6) is 11.5 Å².